The van der Waals surface area contributed by atoms with Gasteiger partial charge in [-0.3, -0.25) is 9.59 Å². The summed E-state index contributed by atoms with van der Waals surface area (Å²) in [6, 6.07) is 19.1. The Hall–Kier alpha value is -2.10. The molecule has 2 aliphatic carbocycles. The summed E-state index contributed by atoms with van der Waals surface area (Å²) >= 11 is 0. The molecular formula is C28H28FeN2O2+2. The summed E-state index contributed by atoms with van der Waals surface area (Å²) in [5, 5.41) is 6.09. The molecule has 5 heteroatoms. The maximum atomic E-state index is 11.9. The van der Waals surface area contributed by atoms with E-state index < -0.39 is 0 Å². The maximum absolute atomic E-state index is 11.9. The third-order valence-electron chi connectivity index (χ3n) is 5.02. The van der Waals surface area contributed by atoms with Crippen LogP contribution >= 0.6 is 0 Å². The van der Waals surface area contributed by atoms with Gasteiger partial charge in [-0.25, -0.2) is 0 Å². The molecule has 0 bridgehead atoms. The quantitative estimate of drug-likeness (QED) is 0.597. The van der Waals surface area contributed by atoms with Crippen molar-refractivity contribution in [1.29, 1.82) is 0 Å². The van der Waals surface area contributed by atoms with Gasteiger partial charge in [-0.05, 0) is 62.5 Å². The van der Waals surface area contributed by atoms with Gasteiger partial charge < -0.3 is 10.6 Å². The molecule has 0 unspecified atom stereocenters. The number of nitrogens with one attached hydrogen (secondary N) is 2. The molecule has 2 aliphatic rings. The summed E-state index contributed by atoms with van der Waals surface area (Å²) in [5.74, 6) is 1.73. The smallest absolute Gasteiger partial charge is 0.349 e. The summed E-state index contributed by atoms with van der Waals surface area (Å²) in [5.41, 5.74) is 1.99. The van der Waals surface area contributed by atoms with E-state index >= 15 is 0 Å². The molecule has 2 saturated carbocycles. The molecule has 168 valence electrons. The molecule has 33 heavy (non-hydrogen) atoms. The molecule has 0 aromatic heterocycles. The molecule has 2 N–H and O–H groups in total. The minimum atomic E-state index is -0.284. The van der Waals surface area contributed by atoms with E-state index in [0.29, 0.717) is 0 Å². The van der Waals surface area contributed by atoms with E-state index in [-0.39, 0.29) is 41.0 Å². The van der Waals surface area contributed by atoms with Crippen LogP contribution in [0.2, 0.25) is 0 Å². The Labute approximate surface area is 209 Å². The van der Waals surface area contributed by atoms with Crippen LogP contribution in [0, 0.1) is 63.2 Å². The van der Waals surface area contributed by atoms with Crippen LogP contribution in [-0.2, 0) is 26.7 Å². The molecule has 0 heterocycles. The molecule has 2 fully saturated rings. The van der Waals surface area contributed by atoms with Crippen LogP contribution in [0.3, 0.4) is 0 Å². The first-order valence-corrected chi connectivity index (χ1v) is 10.6. The summed E-state index contributed by atoms with van der Waals surface area (Å²) in [6.45, 7) is 3.03. The van der Waals surface area contributed by atoms with Gasteiger partial charge in [0.25, 0.3) is 0 Å². The van der Waals surface area contributed by atoms with E-state index in [1.165, 1.54) is 13.8 Å². The number of carbonyl (C=O) groups is 2. The van der Waals surface area contributed by atoms with Crippen LogP contribution in [-0.4, -0.2) is 11.8 Å². The first-order chi connectivity index (χ1) is 15.6. The van der Waals surface area contributed by atoms with E-state index in [2.05, 4.69) is 10.6 Å². The van der Waals surface area contributed by atoms with Crippen molar-refractivity contribution >= 4 is 11.8 Å². The van der Waals surface area contributed by atoms with E-state index in [1.54, 1.807) is 0 Å². The van der Waals surface area contributed by atoms with Gasteiger partial charge in [-0.1, -0.05) is 60.7 Å². The number of amides is 2. The largest absolute Gasteiger partial charge is 2.00 e. The molecule has 0 aliphatic heterocycles. The fourth-order valence-corrected chi connectivity index (χ4v) is 3.67. The Morgan fingerprint density at radius 1 is 0.576 bits per heavy atom. The number of hydrogen-bond acceptors (Lipinski definition) is 2. The predicted octanol–water partition coefficient (Wildman–Crippen LogP) is 4.54. The first kappa shape index (κ1) is 27.1. The standard InChI is InChI=1S/C23H23N2O2.C5H5.Fe/c1-16(26)24-22(18-10-5-3-6-11-18)20-14-9-15-21(20)23(25-17(2)27)19-12-7-4-8-13-19;1-2-4-5-3-1;/h3-15,22-23H,1-2H3,(H,24,26)(H,25,27);1-5H;/q;;+2/t22-,23-;;/m0../s1. The van der Waals surface area contributed by atoms with E-state index in [1.807, 2.05) is 112 Å². The summed E-state index contributed by atoms with van der Waals surface area (Å²) in [7, 11) is 0. The predicted molar refractivity (Wildman–Crippen MR) is 127 cm³/mol. The summed E-state index contributed by atoms with van der Waals surface area (Å²) < 4.78 is 0. The molecule has 0 spiro atoms. The number of benzene rings is 2. The van der Waals surface area contributed by atoms with Gasteiger partial charge in [0.05, 0.1) is 12.1 Å². The summed E-state index contributed by atoms with van der Waals surface area (Å²) in [6.07, 6.45) is 16.0. The Morgan fingerprint density at radius 3 is 1.21 bits per heavy atom. The molecule has 0 saturated heterocycles. The Morgan fingerprint density at radius 2 is 0.909 bits per heavy atom. The maximum Gasteiger partial charge on any atom is 2.00 e. The topological polar surface area (TPSA) is 58.2 Å². The molecule has 2 amide bonds. The Balaban J connectivity index is 0.000000568. The van der Waals surface area contributed by atoms with Gasteiger partial charge in [-0.2, -0.15) is 0 Å². The molecule has 4 nitrogen and oxygen atoms in total. The second kappa shape index (κ2) is 14.2. The van der Waals surface area contributed by atoms with E-state index in [9.17, 15) is 9.59 Å². The van der Waals surface area contributed by atoms with Crippen LogP contribution < -0.4 is 10.6 Å². The van der Waals surface area contributed by atoms with Gasteiger partial charge in [0, 0.05) is 25.7 Å². The van der Waals surface area contributed by atoms with Crippen molar-refractivity contribution in [2.75, 3.05) is 0 Å². The number of rotatable bonds is 6. The molecular weight excluding hydrogens is 452 g/mol. The average Bonchev–Trinajstić information content (AvgIpc) is 3.52. The third kappa shape index (κ3) is 8.32. The van der Waals surface area contributed by atoms with Crippen LogP contribution in [0.4, 0.5) is 0 Å². The van der Waals surface area contributed by atoms with Crippen LogP contribution in [0.5, 0.6) is 0 Å². The van der Waals surface area contributed by atoms with Gasteiger partial charge in [0.15, 0.2) is 0 Å². The minimum absolute atomic E-state index is 0. The van der Waals surface area contributed by atoms with E-state index in [4.69, 9.17) is 0 Å². The third-order valence-corrected chi connectivity index (χ3v) is 5.02. The fraction of sp³-hybridized carbons (Fsp3) is 0.143. The molecule has 2 aromatic rings. The van der Waals surface area contributed by atoms with Crippen LogP contribution in [0.15, 0.2) is 60.7 Å². The fourth-order valence-electron chi connectivity index (χ4n) is 3.67. The summed E-state index contributed by atoms with van der Waals surface area (Å²) in [4.78, 5) is 23.7. The van der Waals surface area contributed by atoms with Gasteiger partial charge in [-0.15, -0.1) is 0 Å². The Bertz CT molecular complexity index is 766. The molecule has 2 atom stereocenters. The molecule has 4 rings (SSSR count). The van der Waals surface area contributed by atoms with Crippen LogP contribution in [0.1, 0.15) is 37.1 Å². The van der Waals surface area contributed by atoms with Gasteiger partial charge >= 0.3 is 17.1 Å². The monoisotopic (exact) mass is 480 g/mol. The van der Waals surface area contributed by atoms with E-state index in [0.717, 1.165) is 23.0 Å². The van der Waals surface area contributed by atoms with Crippen LogP contribution in [0.25, 0.3) is 0 Å². The zero-order valence-corrected chi connectivity index (χ0v) is 19.8. The van der Waals surface area contributed by atoms with Crippen molar-refractivity contribution in [3.05, 3.63) is 135 Å². The SMILES string of the molecule is CC(=O)N[C@H]([C]1[CH][CH][CH][C]1[C@@H](NC(C)=O)c1ccccc1)c1ccccc1.[CH]1[CH][CH][CH][CH]1.[Fe+2]. The Kier molecular flexibility index (Phi) is 11.7. The minimum Gasteiger partial charge on any atom is -0.349 e. The van der Waals surface area contributed by atoms with Crippen molar-refractivity contribution in [3.63, 3.8) is 0 Å². The van der Waals surface area contributed by atoms with Gasteiger partial charge in [0.1, 0.15) is 0 Å². The zero-order chi connectivity index (χ0) is 22.8. The second-order valence-electron chi connectivity index (χ2n) is 7.49. The molecule has 2 aromatic carbocycles. The van der Waals surface area contributed by atoms with Crippen molar-refractivity contribution < 1.29 is 26.7 Å². The van der Waals surface area contributed by atoms with Crippen molar-refractivity contribution in [1.82, 2.24) is 10.6 Å². The van der Waals surface area contributed by atoms with Crippen molar-refractivity contribution in [3.8, 4) is 0 Å². The van der Waals surface area contributed by atoms with Crippen molar-refractivity contribution in [2.45, 2.75) is 25.9 Å². The number of hydrogen-bond donors (Lipinski definition) is 2. The normalized spacial score (nSPS) is 17.8. The zero-order valence-electron chi connectivity index (χ0n) is 18.7. The van der Waals surface area contributed by atoms with Gasteiger partial charge in [0.2, 0.25) is 11.8 Å². The first-order valence-electron chi connectivity index (χ1n) is 10.6. The molecule has 10 radical (unpaired) electrons. The second-order valence-corrected chi connectivity index (χ2v) is 7.49. The average molecular weight is 480 g/mol. The van der Waals surface area contributed by atoms with Crippen molar-refractivity contribution in [2.24, 2.45) is 0 Å². The number of carbonyl (C=O) groups excluding carboxylic acids is 2.